The molecule has 0 amide bonds. The van der Waals surface area contributed by atoms with Crippen LogP contribution in [0.4, 0.5) is 45.5 Å². The van der Waals surface area contributed by atoms with E-state index in [0.717, 1.165) is 61.1 Å². The van der Waals surface area contributed by atoms with Gasteiger partial charge in [0.25, 0.3) is 0 Å². The summed E-state index contributed by atoms with van der Waals surface area (Å²) in [6, 6.07) is 138. The van der Waals surface area contributed by atoms with E-state index in [1.165, 1.54) is 181 Å². The summed E-state index contributed by atoms with van der Waals surface area (Å²) >= 11 is 12.8. The predicted octanol–water partition coefficient (Wildman–Crippen LogP) is 32.9. The molecule has 0 unspecified atom stereocenters. The summed E-state index contributed by atoms with van der Waals surface area (Å²) in [6.07, 6.45) is 0. The normalized spacial score (nSPS) is 13.8. The standard InChI is InChI=1S/C68H49N3.C26H13Cl2N.C21H19N/c1-67(2)58-25-15-13-23-51(58)53-33-30-47(39-60(53)67)69(44-18-7-5-8-19-44)46-29-27-43-37-57-55-35-32-49(41-63(55)71-62-36-28-42-17-11-12-22-50(42)64(62)65(66(57)71)56(43)38-46)70(45-20-9-6-10-21-45)48-31-34-54-52-24-14-16-26-59(52)68(3,4)61(54)40-48;27-16-7-5-15-11-21-19-9-8-17(28)13-23(19)29-22-10-6-14-3-1-2-4-18(14)24(22)25(26(21)29)20(15)12-16;1-21(2)19-11-7-6-10-17(19)18-13-12-16(14-20(18)21)22-15-8-4-3-5-9-15/h5-41H,1-4H3;1-13H;3-14,22H,1-2H3. The van der Waals surface area contributed by atoms with Gasteiger partial charge in [0.15, 0.2) is 0 Å². The Bertz CT molecular complexity index is 8300. The third kappa shape index (κ3) is 10.7. The molecule has 0 aliphatic heterocycles. The van der Waals surface area contributed by atoms with Crippen molar-refractivity contribution >= 4 is 188 Å². The number of nitrogens with zero attached hydrogens (tertiary/aromatic N) is 4. The Kier molecular flexibility index (Phi) is 15.8. The number of aromatic nitrogens is 2. The lowest BCUT2D eigenvalue weighted by Crippen LogP contribution is -2.16. The molecule has 122 heavy (non-hydrogen) atoms. The highest BCUT2D eigenvalue weighted by atomic mass is 35.5. The maximum absolute atomic E-state index is 6.44. The SMILES string of the molecule is CC1(C)c2ccccc2-c2ccc(N(c3ccccc3)c3ccc4cc5c6ccc(N(c7ccccc7)c7ccc8c(c7)C(C)(C)c7ccccc7-8)cc6n6c7ccc8ccccc8c7c(c4c3)c56)cc21.CC1(C)c2ccccc2-c2ccc(Nc3ccccc3)cc21.Clc1ccc2cc3c4ccc(Cl)cc4n4c5ccc6ccccc6c5c(c2c1)c34. The maximum Gasteiger partial charge on any atom is 0.0627 e. The van der Waals surface area contributed by atoms with E-state index in [1.807, 2.05) is 18.2 Å². The highest BCUT2D eigenvalue weighted by Gasteiger charge is 2.39. The van der Waals surface area contributed by atoms with Gasteiger partial charge in [-0.2, -0.15) is 0 Å². The van der Waals surface area contributed by atoms with Crippen molar-refractivity contribution in [2.45, 2.75) is 57.8 Å². The summed E-state index contributed by atoms with van der Waals surface area (Å²) in [6.45, 7) is 14.1. The van der Waals surface area contributed by atoms with Crippen LogP contribution < -0.4 is 15.1 Å². The number of anilines is 8. The largest absolute Gasteiger partial charge is 0.356 e. The second kappa shape index (κ2) is 26.9. The average Bonchev–Trinajstić information content (AvgIpc) is 1.52. The van der Waals surface area contributed by atoms with E-state index in [-0.39, 0.29) is 16.2 Å². The van der Waals surface area contributed by atoms with Crippen LogP contribution in [0.15, 0.2) is 376 Å². The summed E-state index contributed by atoms with van der Waals surface area (Å²) in [7, 11) is 0. The minimum atomic E-state index is -0.119. The van der Waals surface area contributed by atoms with Crippen molar-refractivity contribution in [2.24, 2.45) is 0 Å². The molecular formula is C115H81Cl2N5. The third-order valence-corrected chi connectivity index (χ3v) is 27.7. The Morgan fingerprint density at radius 2 is 0.590 bits per heavy atom. The predicted molar refractivity (Wildman–Crippen MR) is 520 cm³/mol. The first kappa shape index (κ1) is 71.9. The van der Waals surface area contributed by atoms with E-state index in [2.05, 4.69) is 423 Å². The van der Waals surface area contributed by atoms with E-state index in [1.54, 1.807) is 0 Å². The van der Waals surface area contributed by atoms with Gasteiger partial charge < -0.3 is 23.9 Å². The van der Waals surface area contributed by atoms with Gasteiger partial charge in [0.1, 0.15) is 0 Å². The average molecular weight is 1600 g/mol. The zero-order valence-electron chi connectivity index (χ0n) is 68.3. The minimum Gasteiger partial charge on any atom is -0.356 e. The van der Waals surface area contributed by atoms with Crippen molar-refractivity contribution in [2.75, 3.05) is 15.1 Å². The van der Waals surface area contributed by atoms with E-state index >= 15 is 0 Å². The van der Waals surface area contributed by atoms with Crippen LogP contribution in [0.3, 0.4) is 0 Å². The number of rotatable bonds is 8. The highest BCUT2D eigenvalue weighted by molar-refractivity contribution is 6.39. The van der Waals surface area contributed by atoms with Crippen LogP contribution in [-0.4, -0.2) is 8.80 Å². The lowest BCUT2D eigenvalue weighted by molar-refractivity contribution is 0.660. The fourth-order valence-corrected chi connectivity index (χ4v) is 21.9. The van der Waals surface area contributed by atoms with Crippen LogP contribution in [0.1, 0.15) is 74.9 Å². The monoisotopic (exact) mass is 1600 g/mol. The van der Waals surface area contributed by atoms with Crippen molar-refractivity contribution in [3.63, 3.8) is 0 Å². The van der Waals surface area contributed by atoms with Crippen molar-refractivity contribution < 1.29 is 0 Å². The minimum absolute atomic E-state index is 0.0559. The molecule has 26 rings (SSSR count). The molecule has 1 N–H and O–H groups in total. The topological polar surface area (TPSA) is 27.3 Å². The Hall–Kier alpha value is -14.2. The summed E-state index contributed by atoms with van der Waals surface area (Å²) in [5.74, 6) is 0. The molecule has 0 radical (unpaired) electrons. The Morgan fingerprint density at radius 1 is 0.221 bits per heavy atom. The number of halogens is 2. The van der Waals surface area contributed by atoms with Crippen LogP contribution in [0.5, 0.6) is 0 Å². The Labute approximate surface area is 717 Å². The molecule has 5 nitrogen and oxygen atoms in total. The lowest BCUT2D eigenvalue weighted by atomic mass is 9.82. The van der Waals surface area contributed by atoms with Crippen LogP contribution in [0.25, 0.3) is 153 Å². The highest BCUT2D eigenvalue weighted by Crippen LogP contribution is 2.56. The fraction of sp³-hybridized carbons (Fsp3) is 0.0783. The van der Waals surface area contributed by atoms with E-state index in [0.29, 0.717) is 0 Å². The number of benzene rings is 19. The number of hydrogen-bond donors (Lipinski definition) is 1. The maximum atomic E-state index is 6.44. The molecule has 0 fully saturated rings. The molecule has 580 valence electrons. The summed E-state index contributed by atoms with van der Waals surface area (Å²) < 4.78 is 4.94. The number of fused-ring (bicyclic) bond motifs is 29. The summed E-state index contributed by atoms with van der Waals surface area (Å²) in [5, 5.41) is 25.0. The van der Waals surface area contributed by atoms with Crippen molar-refractivity contribution in [1.82, 2.24) is 8.80 Å². The van der Waals surface area contributed by atoms with Crippen LogP contribution in [0, 0.1) is 0 Å². The van der Waals surface area contributed by atoms with Crippen molar-refractivity contribution in [1.29, 1.82) is 0 Å². The van der Waals surface area contributed by atoms with Gasteiger partial charge in [-0.1, -0.05) is 295 Å². The molecule has 3 aliphatic rings. The molecule has 7 heteroatoms. The smallest absolute Gasteiger partial charge is 0.0627 e. The van der Waals surface area contributed by atoms with Crippen LogP contribution in [0.2, 0.25) is 10.0 Å². The van der Waals surface area contributed by atoms with Crippen LogP contribution in [-0.2, 0) is 16.2 Å². The molecule has 3 aliphatic carbocycles. The molecular weight excluding hydrogens is 1520 g/mol. The number of para-hydroxylation sites is 3. The van der Waals surface area contributed by atoms with Crippen LogP contribution >= 0.6 is 23.2 Å². The fourth-order valence-electron chi connectivity index (χ4n) is 21.6. The Balaban J connectivity index is 0.000000133. The van der Waals surface area contributed by atoms with Gasteiger partial charge in [-0.15, -0.1) is 0 Å². The lowest BCUT2D eigenvalue weighted by Gasteiger charge is -2.28. The van der Waals surface area contributed by atoms with Gasteiger partial charge in [0.2, 0.25) is 0 Å². The van der Waals surface area contributed by atoms with Gasteiger partial charge in [-0.05, 0) is 255 Å². The first-order chi connectivity index (χ1) is 59.6. The summed E-state index contributed by atoms with van der Waals surface area (Å²) in [4.78, 5) is 4.90. The second-order valence-electron chi connectivity index (χ2n) is 35.0. The first-order valence-corrected chi connectivity index (χ1v) is 43.1. The number of hydrogen-bond acceptors (Lipinski definition) is 3. The second-order valence-corrected chi connectivity index (χ2v) is 35.9. The summed E-state index contributed by atoms with van der Waals surface area (Å²) in [5.41, 5.74) is 32.5. The molecule has 23 aromatic rings. The first-order valence-electron chi connectivity index (χ1n) is 42.3. The molecule has 0 atom stereocenters. The molecule has 0 spiro atoms. The van der Waals surface area contributed by atoms with Gasteiger partial charge >= 0.3 is 0 Å². The van der Waals surface area contributed by atoms with Crippen molar-refractivity contribution in [3.05, 3.63) is 420 Å². The zero-order valence-corrected chi connectivity index (χ0v) is 69.9. The molecule has 19 aromatic carbocycles. The van der Waals surface area contributed by atoms with E-state index in [4.69, 9.17) is 23.2 Å². The zero-order chi connectivity index (χ0) is 81.8. The molecule has 4 heterocycles. The molecule has 0 bridgehead atoms. The van der Waals surface area contributed by atoms with Gasteiger partial charge in [-0.3, -0.25) is 0 Å². The molecule has 0 saturated heterocycles. The van der Waals surface area contributed by atoms with Gasteiger partial charge in [0, 0.05) is 115 Å². The van der Waals surface area contributed by atoms with Crippen molar-refractivity contribution in [3.8, 4) is 33.4 Å². The van der Waals surface area contributed by atoms with Gasteiger partial charge in [-0.25, -0.2) is 0 Å². The Morgan fingerprint density at radius 3 is 1.11 bits per heavy atom. The molecule has 0 saturated carbocycles. The third-order valence-electron chi connectivity index (χ3n) is 27.3. The van der Waals surface area contributed by atoms with E-state index in [9.17, 15) is 0 Å². The van der Waals surface area contributed by atoms with E-state index < -0.39 is 0 Å². The van der Waals surface area contributed by atoms with Gasteiger partial charge in [0.05, 0.1) is 33.1 Å². The quantitative estimate of drug-likeness (QED) is 0.164. The number of nitrogens with one attached hydrogen (secondary N) is 1. The molecule has 4 aromatic heterocycles.